The van der Waals surface area contributed by atoms with Gasteiger partial charge in [0.1, 0.15) is 0 Å². The first kappa shape index (κ1) is 17.3. The third-order valence-electron chi connectivity index (χ3n) is 4.76. The predicted octanol–water partition coefficient (Wildman–Crippen LogP) is 1.79. The van der Waals surface area contributed by atoms with Gasteiger partial charge in [0.2, 0.25) is 5.88 Å². The molecule has 2 heterocycles. The highest BCUT2D eigenvalue weighted by molar-refractivity contribution is 5.77. The van der Waals surface area contributed by atoms with E-state index in [1.807, 2.05) is 12.3 Å². The molecule has 1 saturated carbocycles. The maximum Gasteiger partial charge on any atom is 0.312 e. The SMILES string of the molecule is COC(=O)C1(Cc2cn(Cc3ccc(OC)nn3)nn2)CCCCC1. The van der Waals surface area contributed by atoms with Crippen LogP contribution in [0.3, 0.4) is 0 Å². The molecule has 2 aromatic heterocycles. The summed E-state index contributed by atoms with van der Waals surface area (Å²) in [6.07, 6.45) is 7.38. The summed E-state index contributed by atoms with van der Waals surface area (Å²) in [6.45, 7) is 0.467. The number of ether oxygens (including phenoxy) is 2. The van der Waals surface area contributed by atoms with Crippen LogP contribution in [0.4, 0.5) is 0 Å². The van der Waals surface area contributed by atoms with Crippen LogP contribution in [0, 0.1) is 5.41 Å². The lowest BCUT2D eigenvalue weighted by Gasteiger charge is -2.33. The number of methoxy groups -OCH3 is 2. The zero-order valence-corrected chi connectivity index (χ0v) is 14.6. The maximum atomic E-state index is 12.3. The second kappa shape index (κ2) is 7.58. The Bertz CT molecular complexity index is 707. The lowest BCUT2D eigenvalue weighted by Crippen LogP contribution is -2.36. The molecule has 0 N–H and O–H groups in total. The fourth-order valence-electron chi connectivity index (χ4n) is 3.45. The summed E-state index contributed by atoms with van der Waals surface area (Å²) in [5, 5.41) is 16.4. The molecule has 0 atom stereocenters. The molecule has 8 heteroatoms. The van der Waals surface area contributed by atoms with Crippen LogP contribution >= 0.6 is 0 Å². The molecule has 8 nitrogen and oxygen atoms in total. The molecule has 1 aliphatic rings. The van der Waals surface area contributed by atoms with Gasteiger partial charge in [0.15, 0.2) is 0 Å². The van der Waals surface area contributed by atoms with Gasteiger partial charge in [0.05, 0.1) is 37.6 Å². The van der Waals surface area contributed by atoms with Gasteiger partial charge in [-0.05, 0) is 18.9 Å². The average Bonchev–Trinajstić information content (AvgIpc) is 3.09. The van der Waals surface area contributed by atoms with Crippen molar-refractivity contribution in [3.63, 3.8) is 0 Å². The first-order valence-electron chi connectivity index (χ1n) is 8.49. The van der Waals surface area contributed by atoms with Crippen LogP contribution in [0.25, 0.3) is 0 Å². The molecule has 134 valence electrons. The zero-order chi connectivity index (χ0) is 17.7. The van der Waals surface area contributed by atoms with E-state index in [0.717, 1.165) is 37.1 Å². The van der Waals surface area contributed by atoms with Crippen molar-refractivity contribution in [1.29, 1.82) is 0 Å². The Hall–Kier alpha value is -2.51. The fraction of sp³-hybridized carbons (Fsp3) is 0.588. The van der Waals surface area contributed by atoms with Gasteiger partial charge in [-0.15, -0.1) is 15.3 Å². The van der Waals surface area contributed by atoms with E-state index in [1.54, 1.807) is 17.9 Å². The van der Waals surface area contributed by atoms with Crippen molar-refractivity contribution >= 4 is 5.97 Å². The smallest absolute Gasteiger partial charge is 0.312 e. The summed E-state index contributed by atoms with van der Waals surface area (Å²) in [7, 11) is 3.01. The summed E-state index contributed by atoms with van der Waals surface area (Å²) in [5.41, 5.74) is 1.10. The van der Waals surface area contributed by atoms with E-state index in [4.69, 9.17) is 9.47 Å². The number of aromatic nitrogens is 5. The summed E-state index contributed by atoms with van der Waals surface area (Å²) >= 11 is 0. The van der Waals surface area contributed by atoms with Crippen LogP contribution in [-0.2, 0) is 22.5 Å². The Morgan fingerprint density at radius 2 is 1.92 bits per heavy atom. The predicted molar refractivity (Wildman–Crippen MR) is 88.9 cm³/mol. The molecule has 3 rings (SSSR count). The molecule has 2 aromatic rings. The summed E-state index contributed by atoms with van der Waals surface area (Å²) < 4.78 is 11.8. The first-order valence-corrected chi connectivity index (χ1v) is 8.49. The Balaban J connectivity index is 1.70. The van der Waals surface area contributed by atoms with Gasteiger partial charge >= 0.3 is 5.97 Å². The second-order valence-corrected chi connectivity index (χ2v) is 6.48. The quantitative estimate of drug-likeness (QED) is 0.737. The molecule has 0 radical (unpaired) electrons. The number of carbonyl (C=O) groups is 1. The highest BCUT2D eigenvalue weighted by atomic mass is 16.5. The summed E-state index contributed by atoms with van der Waals surface area (Å²) in [5.74, 6) is 0.336. The lowest BCUT2D eigenvalue weighted by molar-refractivity contribution is -0.155. The van der Waals surface area contributed by atoms with Gasteiger partial charge in [-0.2, -0.15) is 0 Å². The molecule has 1 fully saturated rings. The van der Waals surface area contributed by atoms with Crippen molar-refractivity contribution in [2.24, 2.45) is 5.41 Å². The van der Waals surface area contributed by atoms with E-state index < -0.39 is 5.41 Å². The maximum absolute atomic E-state index is 12.3. The number of carbonyl (C=O) groups excluding carboxylic acids is 1. The molecule has 0 saturated heterocycles. The van der Waals surface area contributed by atoms with Crippen LogP contribution in [0.15, 0.2) is 18.3 Å². The van der Waals surface area contributed by atoms with Gasteiger partial charge in [-0.1, -0.05) is 24.5 Å². The molecular formula is C17H23N5O3. The Labute approximate surface area is 146 Å². The Morgan fingerprint density at radius 1 is 1.12 bits per heavy atom. The van der Waals surface area contributed by atoms with Gasteiger partial charge in [-0.3, -0.25) is 4.79 Å². The van der Waals surface area contributed by atoms with Gasteiger partial charge in [0.25, 0.3) is 0 Å². The van der Waals surface area contributed by atoms with Crippen molar-refractivity contribution in [3.8, 4) is 5.88 Å². The number of hydrogen-bond acceptors (Lipinski definition) is 7. The Kier molecular flexibility index (Phi) is 5.25. The zero-order valence-electron chi connectivity index (χ0n) is 14.6. The number of nitrogens with zero attached hydrogens (tertiary/aromatic N) is 5. The van der Waals surface area contributed by atoms with Gasteiger partial charge in [0, 0.05) is 18.7 Å². The van der Waals surface area contributed by atoms with Crippen molar-refractivity contribution in [2.75, 3.05) is 14.2 Å². The lowest BCUT2D eigenvalue weighted by atomic mass is 9.71. The van der Waals surface area contributed by atoms with Crippen LogP contribution in [0.5, 0.6) is 5.88 Å². The third kappa shape index (κ3) is 3.94. The van der Waals surface area contributed by atoms with E-state index >= 15 is 0 Å². The van der Waals surface area contributed by atoms with E-state index in [2.05, 4.69) is 20.5 Å². The molecule has 0 spiro atoms. The standard InChI is InChI=1S/C17H23N5O3/c1-24-15-7-6-13(18-20-15)11-22-12-14(19-21-22)10-17(16(23)25-2)8-4-3-5-9-17/h6-7,12H,3-5,8-11H2,1-2H3. The molecule has 0 bridgehead atoms. The van der Waals surface area contributed by atoms with Crippen LogP contribution < -0.4 is 4.74 Å². The van der Waals surface area contributed by atoms with E-state index in [0.29, 0.717) is 18.8 Å². The number of hydrogen-bond donors (Lipinski definition) is 0. The van der Waals surface area contributed by atoms with E-state index in [9.17, 15) is 4.79 Å². The minimum atomic E-state index is -0.465. The van der Waals surface area contributed by atoms with Crippen LogP contribution in [0.2, 0.25) is 0 Å². The molecule has 1 aliphatic carbocycles. The monoisotopic (exact) mass is 345 g/mol. The average molecular weight is 345 g/mol. The largest absolute Gasteiger partial charge is 0.480 e. The van der Waals surface area contributed by atoms with Crippen molar-refractivity contribution < 1.29 is 14.3 Å². The third-order valence-corrected chi connectivity index (χ3v) is 4.76. The fourth-order valence-corrected chi connectivity index (χ4v) is 3.45. The first-order chi connectivity index (χ1) is 12.1. The Morgan fingerprint density at radius 3 is 2.56 bits per heavy atom. The van der Waals surface area contributed by atoms with Crippen molar-refractivity contribution in [3.05, 3.63) is 29.7 Å². The van der Waals surface area contributed by atoms with Crippen molar-refractivity contribution in [2.45, 2.75) is 45.1 Å². The highest BCUT2D eigenvalue weighted by Gasteiger charge is 2.41. The molecule has 0 amide bonds. The minimum absolute atomic E-state index is 0.136. The molecule has 0 aromatic carbocycles. The summed E-state index contributed by atoms with van der Waals surface area (Å²) in [4.78, 5) is 12.3. The van der Waals surface area contributed by atoms with Crippen LogP contribution in [-0.4, -0.2) is 45.4 Å². The topological polar surface area (TPSA) is 92.0 Å². The normalized spacial score (nSPS) is 16.4. The number of esters is 1. The minimum Gasteiger partial charge on any atom is -0.480 e. The number of rotatable bonds is 6. The van der Waals surface area contributed by atoms with E-state index in [1.165, 1.54) is 13.5 Å². The van der Waals surface area contributed by atoms with Crippen molar-refractivity contribution in [1.82, 2.24) is 25.2 Å². The molecule has 0 aliphatic heterocycles. The summed E-state index contributed by atoms with van der Waals surface area (Å²) in [6, 6.07) is 3.60. The van der Waals surface area contributed by atoms with Gasteiger partial charge < -0.3 is 9.47 Å². The molecule has 0 unspecified atom stereocenters. The molecule has 25 heavy (non-hydrogen) atoms. The van der Waals surface area contributed by atoms with Gasteiger partial charge in [-0.25, -0.2) is 4.68 Å². The molecular weight excluding hydrogens is 322 g/mol. The second-order valence-electron chi connectivity index (χ2n) is 6.48. The van der Waals surface area contributed by atoms with Crippen LogP contribution in [0.1, 0.15) is 43.5 Å². The highest BCUT2D eigenvalue weighted by Crippen LogP contribution is 2.40. The van der Waals surface area contributed by atoms with E-state index in [-0.39, 0.29) is 5.97 Å².